The van der Waals surface area contributed by atoms with E-state index in [1.165, 1.54) is 4.57 Å². The highest BCUT2D eigenvalue weighted by Crippen LogP contribution is 2.21. The van der Waals surface area contributed by atoms with E-state index in [1.54, 1.807) is 17.8 Å². The first-order valence-electron chi connectivity index (χ1n) is 7.96. The molecule has 1 saturated heterocycles. The van der Waals surface area contributed by atoms with Crippen molar-refractivity contribution in [3.05, 3.63) is 44.1 Å². The maximum Gasteiger partial charge on any atom is 0.318 e. The van der Waals surface area contributed by atoms with Gasteiger partial charge in [0.05, 0.1) is 5.52 Å². The predicted molar refractivity (Wildman–Crippen MR) is 91.7 cm³/mol. The minimum Gasteiger partial charge on any atom is -0.317 e. The van der Waals surface area contributed by atoms with E-state index >= 15 is 0 Å². The van der Waals surface area contributed by atoms with Crippen LogP contribution in [0.15, 0.2) is 27.4 Å². The van der Waals surface area contributed by atoms with Crippen LogP contribution in [0, 0.1) is 0 Å². The summed E-state index contributed by atoms with van der Waals surface area (Å²) in [7, 11) is 1.63. The van der Waals surface area contributed by atoms with Crippen molar-refractivity contribution in [3.8, 4) is 0 Å². The summed E-state index contributed by atoms with van der Waals surface area (Å²) in [4.78, 5) is 29.4. The molecule has 3 rings (SSSR count). The first-order valence-corrected chi connectivity index (χ1v) is 7.96. The molecule has 0 saturated carbocycles. The lowest BCUT2D eigenvalue weighted by atomic mass is 10.1. The van der Waals surface area contributed by atoms with Gasteiger partial charge in [0.2, 0.25) is 0 Å². The van der Waals surface area contributed by atoms with Crippen molar-refractivity contribution >= 4 is 17.2 Å². The van der Waals surface area contributed by atoms with E-state index in [0.29, 0.717) is 11.2 Å². The molecule has 0 bridgehead atoms. The molecule has 0 amide bonds. The Balaban J connectivity index is 2.29. The zero-order valence-corrected chi connectivity index (χ0v) is 13.8. The minimum atomic E-state index is -0.493. The standard InChI is InChI=1S/C17H22N4O2/c1-11(2)8-12-9-14-15(19-10-12)21(13-4-6-18-7-5-13)17(23)16(22)20(14)3/h8-10,13,18H,4-7H2,1-3H3. The molecule has 1 aliphatic heterocycles. The van der Waals surface area contributed by atoms with Gasteiger partial charge < -0.3 is 9.88 Å². The van der Waals surface area contributed by atoms with E-state index in [2.05, 4.69) is 10.3 Å². The summed E-state index contributed by atoms with van der Waals surface area (Å²) in [5.41, 5.74) is 2.41. The van der Waals surface area contributed by atoms with Crippen molar-refractivity contribution in [1.82, 2.24) is 19.4 Å². The zero-order valence-electron chi connectivity index (χ0n) is 13.8. The average Bonchev–Trinajstić information content (AvgIpc) is 2.54. The topological polar surface area (TPSA) is 68.9 Å². The second-order valence-electron chi connectivity index (χ2n) is 6.35. The molecule has 0 atom stereocenters. The number of hydrogen-bond acceptors (Lipinski definition) is 4. The van der Waals surface area contributed by atoms with Crippen molar-refractivity contribution < 1.29 is 0 Å². The lowest BCUT2D eigenvalue weighted by Gasteiger charge is -2.25. The number of rotatable bonds is 2. The Bertz CT molecular complexity index is 882. The Morgan fingerprint density at radius 1 is 1.26 bits per heavy atom. The van der Waals surface area contributed by atoms with Crippen LogP contribution in [0.2, 0.25) is 0 Å². The van der Waals surface area contributed by atoms with Crippen molar-refractivity contribution in [2.75, 3.05) is 13.1 Å². The van der Waals surface area contributed by atoms with Crippen LogP contribution < -0.4 is 16.4 Å². The Labute approximate surface area is 134 Å². The van der Waals surface area contributed by atoms with Crippen molar-refractivity contribution in [3.63, 3.8) is 0 Å². The van der Waals surface area contributed by atoms with Crippen LogP contribution in [0.4, 0.5) is 0 Å². The number of aromatic nitrogens is 3. The summed E-state index contributed by atoms with van der Waals surface area (Å²) in [6.45, 7) is 5.73. The van der Waals surface area contributed by atoms with E-state index < -0.39 is 11.1 Å². The van der Waals surface area contributed by atoms with Gasteiger partial charge in [-0.15, -0.1) is 0 Å². The number of fused-ring (bicyclic) bond motifs is 1. The maximum atomic E-state index is 12.5. The Kier molecular flexibility index (Phi) is 4.17. The minimum absolute atomic E-state index is 0.0296. The molecule has 1 fully saturated rings. The molecule has 0 spiro atoms. The van der Waals surface area contributed by atoms with E-state index in [4.69, 9.17) is 0 Å². The van der Waals surface area contributed by atoms with Crippen molar-refractivity contribution in [2.24, 2.45) is 7.05 Å². The zero-order chi connectivity index (χ0) is 16.6. The highest BCUT2D eigenvalue weighted by Gasteiger charge is 2.21. The second kappa shape index (κ2) is 6.12. The van der Waals surface area contributed by atoms with Gasteiger partial charge >= 0.3 is 11.1 Å². The first kappa shape index (κ1) is 15.7. The SMILES string of the molecule is CC(C)=Cc1cnc2c(c1)n(C)c(=O)c(=O)n2C1CCNCC1. The van der Waals surface area contributed by atoms with Gasteiger partial charge in [-0.3, -0.25) is 14.2 Å². The average molecular weight is 314 g/mol. The van der Waals surface area contributed by atoms with E-state index in [0.717, 1.165) is 37.1 Å². The van der Waals surface area contributed by atoms with Gasteiger partial charge in [0.1, 0.15) is 0 Å². The lowest BCUT2D eigenvalue weighted by Crippen LogP contribution is -2.44. The van der Waals surface area contributed by atoms with Crippen LogP contribution in [0.25, 0.3) is 17.2 Å². The fourth-order valence-electron chi connectivity index (χ4n) is 3.16. The van der Waals surface area contributed by atoms with Crippen molar-refractivity contribution in [2.45, 2.75) is 32.7 Å². The molecule has 0 radical (unpaired) electrons. The summed E-state index contributed by atoms with van der Waals surface area (Å²) < 4.78 is 3.01. The summed E-state index contributed by atoms with van der Waals surface area (Å²) in [6, 6.07) is 1.95. The van der Waals surface area contributed by atoms with Crippen LogP contribution in [0.1, 0.15) is 38.3 Å². The third-order valence-electron chi connectivity index (χ3n) is 4.29. The number of nitrogens with one attached hydrogen (secondary N) is 1. The van der Waals surface area contributed by atoms with Crippen molar-refractivity contribution in [1.29, 1.82) is 0 Å². The third kappa shape index (κ3) is 2.86. The molecular formula is C17H22N4O2. The molecule has 1 N–H and O–H groups in total. The number of nitrogens with zero attached hydrogens (tertiary/aromatic N) is 3. The highest BCUT2D eigenvalue weighted by molar-refractivity contribution is 5.74. The highest BCUT2D eigenvalue weighted by atomic mass is 16.2. The van der Waals surface area contributed by atoms with Gasteiger partial charge in [0.25, 0.3) is 0 Å². The van der Waals surface area contributed by atoms with Gasteiger partial charge in [0.15, 0.2) is 5.65 Å². The van der Waals surface area contributed by atoms with Crippen LogP contribution in [0.3, 0.4) is 0 Å². The van der Waals surface area contributed by atoms with E-state index in [1.807, 2.05) is 26.0 Å². The van der Waals surface area contributed by atoms with Gasteiger partial charge in [-0.1, -0.05) is 11.6 Å². The molecule has 0 aromatic carbocycles. The summed E-state index contributed by atoms with van der Waals surface area (Å²) in [5.74, 6) is 0. The third-order valence-corrected chi connectivity index (χ3v) is 4.29. The Morgan fingerprint density at radius 3 is 2.61 bits per heavy atom. The van der Waals surface area contributed by atoms with Crippen LogP contribution in [0.5, 0.6) is 0 Å². The summed E-state index contributed by atoms with van der Waals surface area (Å²) in [5, 5.41) is 3.28. The Hall–Kier alpha value is -2.21. The smallest absolute Gasteiger partial charge is 0.317 e. The molecule has 0 unspecified atom stereocenters. The van der Waals surface area contributed by atoms with Gasteiger partial charge in [-0.2, -0.15) is 0 Å². The predicted octanol–water partition coefficient (Wildman–Crippen LogP) is 1.44. The summed E-state index contributed by atoms with van der Waals surface area (Å²) in [6.07, 6.45) is 5.44. The van der Waals surface area contributed by atoms with Crippen LogP contribution in [-0.2, 0) is 7.05 Å². The number of pyridine rings is 1. The molecule has 1 aliphatic rings. The lowest BCUT2D eigenvalue weighted by molar-refractivity contribution is 0.365. The molecule has 6 nitrogen and oxygen atoms in total. The molecule has 0 aliphatic carbocycles. The number of allylic oxidation sites excluding steroid dienone is 1. The molecule has 23 heavy (non-hydrogen) atoms. The molecule has 2 aromatic rings. The molecule has 122 valence electrons. The number of piperidine rings is 1. The van der Waals surface area contributed by atoms with E-state index in [9.17, 15) is 9.59 Å². The number of hydrogen-bond donors (Lipinski definition) is 1. The van der Waals surface area contributed by atoms with Gasteiger partial charge in [-0.25, -0.2) is 4.98 Å². The number of aryl methyl sites for hydroxylation is 1. The quantitative estimate of drug-likeness (QED) is 0.852. The largest absolute Gasteiger partial charge is 0.318 e. The maximum absolute atomic E-state index is 12.5. The molecular weight excluding hydrogens is 292 g/mol. The van der Waals surface area contributed by atoms with Gasteiger partial charge in [0, 0.05) is 19.3 Å². The van der Waals surface area contributed by atoms with Crippen LogP contribution >= 0.6 is 0 Å². The second-order valence-corrected chi connectivity index (χ2v) is 6.35. The molecule has 2 aromatic heterocycles. The Morgan fingerprint density at radius 2 is 1.96 bits per heavy atom. The molecule has 3 heterocycles. The van der Waals surface area contributed by atoms with E-state index in [-0.39, 0.29) is 6.04 Å². The first-order chi connectivity index (χ1) is 11.0. The normalized spacial score (nSPS) is 15.8. The van der Waals surface area contributed by atoms with Crippen LogP contribution in [-0.4, -0.2) is 27.2 Å². The summed E-state index contributed by atoms with van der Waals surface area (Å²) >= 11 is 0. The molecule has 6 heteroatoms. The fraction of sp³-hybridized carbons (Fsp3) is 0.471. The fourth-order valence-corrected chi connectivity index (χ4v) is 3.16. The van der Waals surface area contributed by atoms with Gasteiger partial charge in [-0.05, 0) is 51.4 Å². The monoisotopic (exact) mass is 314 g/mol.